The van der Waals surface area contributed by atoms with E-state index < -0.39 is 22.1 Å². The van der Waals surface area contributed by atoms with Crippen molar-refractivity contribution in [3.63, 3.8) is 0 Å². The van der Waals surface area contributed by atoms with Crippen molar-refractivity contribution in [2.24, 2.45) is 0 Å². The first-order valence-corrected chi connectivity index (χ1v) is 13.4. The highest BCUT2D eigenvalue weighted by Crippen LogP contribution is 2.37. The third-order valence-corrected chi connectivity index (χ3v) is 7.54. The second-order valence-electron chi connectivity index (χ2n) is 9.67. The zero-order chi connectivity index (χ0) is 27.7. The number of halogens is 3. The number of benzene rings is 2. The molecule has 13 heteroatoms. The second kappa shape index (κ2) is 11.5. The molecule has 2 aliphatic rings. The summed E-state index contributed by atoms with van der Waals surface area (Å²) in [5.74, 6) is -0.857. The van der Waals surface area contributed by atoms with Gasteiger partial charge in [0.1, 0.15) is 28.8 Å². The Labute approximate surface area is 232 Å². The molecule has 1 aromatic heterocycles. The summed E-state index contributed by atoms with van der Waals surface area (Å²) in [5, 5.41) is 16.3. The maximum Gasteiger partial charge on any atom is 0.291 e. The first kappa shape index (κ1) is 27.3. The van der Waals surface area contributed by atoms with Crippen LogP contribution in [0.25, 0.3) is 10.9 Å². The summed E-state index contributed by atoms with van der Waals surface area (Å²) in [7, 11) is 0. The number of rotatable bonds is 9. The number of piperidine rings is 1. The van der Waals surface area contributed by atoms with Gasteiger partial charge in [0.2, 0.25) is 5.43 Å². The minimum atomic E-state index is -0.698. The molecule has 0 radical (unpaired) electrons. The second-order valence-corrected chi connectivity index (χ2v) is 10.5. The van der Waals surface area contributed by atoms with Crippen molar-refractivity contribution in [1.29, 1.82) is 0 Å². The Morgan fingerprint density at radius 2 is 1.87 bits per heavy atom. The highest BCUT2D eigenvalue weighted by molar-refractivity contribution is 6.32. The fourth-order valence-corrected chi connectivity index (χ4v) is 5.06. The lowest BCUT2D eigenvalue weighted by Crippen LogP contribution is -2.51. The number of nitrogens with one attached hydrogen (secondary N) is 2. The SMILES string of the molecule is O=C(NN1CCC(NCCOc2ccc(Cl)c([N+](=O)[O-])c2)CC1)c1cn(C2CC2)c2cc(Cl)c(F)cc2c1=O. The van der Waals surface area contributed by atoms with E-state index in [0.717, 1.165) is 31.7 Å². The average Bonchev–Trinajstić information content (AvgIpc) is 3.75. The Morgan fingerprint density at radius 1 is 1.13 bits per heavy atom. The van der Waals surface area contributed by atoms with Gasteiger partial charge in [-0.1, -0.05) is 23.2 Å². The molecule has 2 fully saturated rings. The molecule has 1 aliphatic heterocycles. The number of nitrogens with zero attached hydrogens (tertiary/aromatic N) is 3. The van der Waals surface area contributed by atoms with Crippen LogP contribution in [-0.4, -0.2) is 52.7 Å². The number of hydrogen-bond donors (Lipinski definition) is 2. The van der Waals surface area contributed by atoms with Gasteiger partial charge in [-0.2, -0.15) is 0 Å². The smallest absolute Gasteiger partial charge is 0.291 e. The summed E-state index contributed by atoms with van der Waals surface area (Å²) >= 11 is 11.8. The molecule has 0 spiro atoms. The number of pyridine rings is 1. The Hall–Kier alpha value is -3.25. The minimum absolute atomic E-state index is 0.0315. The first-order chi connectivity index (χ1) is 18.7. The Balaban J connectivity index is 1.14. The maximum absolute atomic E-state index is 14.1. The molecule has 3 aromatic rings. The third-order valence-electron chi connectivity index (χ3n) is 6.93. The molecule has 0 bridgehead atoms. The lowest BCUT2D eigenvalue weighted by atomic mass is 10.1. The normalized spacial score (nSPS) is 16.4. The molecule has 206 valence electrons. The fraction of sp³-hybridized carbons (Fsp3) is 0.385. The molecule has 2 heterocycles. The predicted octanol–water partition coefficient (Wildman–Crippen LogP) is 4.47. The van der Waals surface area contributed by atoms with Gasteiger partial charge < -0.3 is 14.6 Å². The molecule has 0 unspecified atom stereocenters. The van der Waals surface area contributed by atoms with Crippen molar-refractivity contribution in [2.45, 2.75) is 37.8 Å². The number of nitro benzene ring substituents is 1. The van der Waals surface area contributed by atoms with Crippen molar-refractivity contribution < 1.29 is 18.8 Å². The minimum Gasteiger partial charge on any atom is -0.492 e. The maximum atomic E-state index is 14.1. The summed E-state index contributed by atoms with van der Waals surface area (Å²) in [4.78, 5) is 36.6. The van der Waals surface area contributed by atoms with Crippen LogP contribution in [0.4, 0.5) is 10.1 Å². The van der Waals surface area contributed by atoms with E-state index in [-0.39, 0.29) is 38.8 Å². The molecule has 1 saturated carbocycles. The van der Waals surface area contributed by atoms with Crippen LogP contribution in [0.1, 0.15) is 42.1 Å². The topological polar surface area (TPSA) is 119 Å². The number of carbonyl (C=O) groups is 1. The van der Waals surface area contributed by atoms with Crippen molar-refractivity contribution in [3.05, 3.63) is 78.3 Å². The number of ether oxygens (including phenoxy) is 1. The van der Waals surface area contributed by atoms with Gasteiger partial charge in [0.15, 0.2) is 0 Å². The molecule has 1 aliphatic carbocycles. The number of carbonyl (C=O) groups excluding carboxylic acids is 1. The summed E-state index contributed by atoms with van der Waals surface area (Å²) in [6.45, 7) is 1.99. The van der Waals surface area contributed by atoms with Crippen molar-refractivity contribution in [2.75, 3.05) is 26.2 Å². The number of hydrazine groups is 1. The van der Waals surface area contributed by atoms with E-state index >= 15 is 0 Å². The van der Waals surface area contributed by atoms with E-state index in [9.17, 15) is 24.1 Å². The van der Waals surface area contributed by atoms with E-state index in [0.29, 0.717) is 37.5 Å². The monoisotopic (exact) mass is 577 g/mol. The lowest BCUT2D eigenvalue weighted by molar-refractivity contribution is -0.384. The Kier molecular flexibility index (Phi) is 8.03. The summed E-state index contributed by atoms with van der Waals surface area (Å²) < 4.78 is 21.6. The van der Waals surface area contributed by atoms with Crippen molar-refractivity contribution in [3.8, 4) is 5.75 Å². The zero-order valence-corrected chi connectivity index (χ0v) is 22.3. The van der Waals surface area contributed by atoms with Crippen LogP contribution in [0.15, 0.2) is 41.3 Å². The van der Waals surface area contributed by atoms with Crippen LogP contribution in [-0.2, 0) is 0 Å². The quantitative estimate of drug-likeness (QED) is 0.219. The lowest BCUT2D eigenvalue weighted by Gasteiger charge is -2.32. The molecular formula is C26H26Cl2FN5O5. The highest BCUT2D eigenvalue weighted by Gasteiger charge is 2.28. The van der Waals surface area contributed by atoms with Gasteiger partial charge in [0, 0.05) is 43.3 Å². The zero-order valence-electron chi connectivity index (χ0n) is 20.8. The number of amides is 1. The summed E-state index contributed by atoms with van der Waals surface area (Å²) in [6.07, 6.45) is 4.88. The van der Waals surface area contributed by atoms with E-state index in [2.05, 4.69) is 10.7 Å². The van der Waals surface area contributed by atoms with Crippen LogP contribution in [0.3, 0.4) is 0 Å². The standard InChI is InChI=1S/C26H26Cl2FN5O5/c27-20-4-3-17(11-24(20)34(37)38)39-10-7-30-15-5-8-32(9-6-15)31-26(36)19-14-33(16-1-2-16)23-13-21(28)22(29)12-18(23)25(19)35/h3-4,11-16,30H,1-2,5-10H2,(H,31,36). The van der Waals surface area contributed by atoms with Crippen LogP contribution in [0.2, 0.25) is 10.0 Å². The Morgan fingerprint density at radius 3 is 2.56 bits per heavy atom. The van der Waals surface area contributed by atoms with Gasteiger partial charge >= 0.3 is 0 Å². The van der Waals surface area contributed by atoms with E-state index in [4.69, 9.17) is 27.9 Å². The van der Waals surface area contributed by atoms with Crippen LogP contribution in [0, 0.1) is 15.9 Å². The van der Waals surface area contributed by atoms with Gasteiger partial charge in [-0.15, -0.1) is 0 Å². The van der Waals surface area contributed by atoms with Crippen molar-refractivity contribution >= 4 is 45.7 Å². The summed E-state index contributed by atoms with van der Waals surface area (Å²) in [5.41, 5.74) is 2.58. The van der Waals surface area contributed by atoms with E-state index in [1.165, 1.54) is 18.2 Å². The van der Waals surface area contributed by atoms with Gasteiger partial charge in [-0.25, -0.2) is 9.40 Å². The largest absolute Gasteiger partial charge is 0.492 e. The fourth-order valence-electron chi connectivity index (χ4n) is 4.71. The van der Waals surface area contributed by atoms with Gasteiger partial charge in [0.25, 0.3) is 11.6 Å². The number of hydrogen-bond acceptors (Lipinski definition) is 7. The van der Waals surface area contributed by atoms with Gasteiger partial charge in [-0.3, -0.25) is 25.1 Å². The van der Waals surface area contributed by atoms with Crippen LogP contribution >= 0.6 is 23.2 Å². The third kappa shape index (κ3) is 6.17. The molecule has 5 rings (SSSR count). The van der Waals surface area contributed by atoms with Crippen LogP contribution in [0.5, 0.6) is 5.75 Å². The van der Waals surface area contributed by atoms with Gasteiger partial charge in [-0.05, 0) is 49.9 Å². The number of fused-ring (bicyclic) bond motifs is 1. The van der Waals surface area contributed by atoms with E-state index in [1.807, 2.05) is 4.57 Å². The number of aromatic nitrogens is 1. The van der Waals surface area contributed by atoms with Crippen molar-refractivity contribution in [1.82, 2.24) is 20.3 Å². The van der Waals surface area contributed by atoms with Crippen LogP contribution < -0.4 is 20.9 Å². The molecule has 39 heavy (non-hydrogen) atoms. The average molecular weight is 578 g/mol. The van der Waals surface area contributed by atoms with E-state index in [1.54, 1.807) is 17.3 Å². The van der Waals surface area contributed by atoms with Gasteiger partial charge in [0.05, 0.1) is 21.5 Å². The molecule has 0 atom stereocenters. The highest BCUT2D eigenvalue weighted by atomic mass is 35.5. The predicted molar refractivity (Wildman–Crippen MR) is 145 cm³/mol. The summed E-state index contributed by atoms with van der Waals surface area (Å²) in [6, 6.07) is 7.20. The number of nitro groups is 1. The molecule has 1 amide bonds. The molecular weight excluding hydrogens is 552 g/mol. The molecule has 2 N–H and O–H groups in total. The first-order valence-electron chi connectivity index (χ1n) is 12.6. The Bertz CT molecular complexity index is 1490. The molecule has 1 saturated heterocycles. The molecule has 10 nitrogen and oxygen atoms in total. The molecule has 2 aromatic carbocycles.